The molecular weight excluding hydrogens is 228 g/mol. The molecule has 0 spiro atoms. The summed E-state index contributed by atoms with van der Waals surface area (Å²) in [6.07, 6.45) is 1.00. The summed E-state index contributed by atoms with van der Waals surface area (Å²) < 4.78 is 5.12. The highest BCUT2D eigenvalue weighted by atomic mass is 35.5. The molecule has 0 saturated heterocycles. The van der Waals surface area contributed by atoms with Gasteiger partial charge in [-0.1, -0.05) is 11.6 Å². The van der Waals surface area contributed by atoms with E-state index in [1.54, 1.807) is 26.8 Å². The molecule has 4 nitrogen and oxygen atoms in total. The Balaban J connectivity index is 2.70. The Morgan fingerprint density at radius 3 is 2.62 bits per heavy atom. The number of nitrogens with zero attached hydrogens (tertiary/aromatic N) is 1. The number of anilines is 1. The van der Waals surface area contributed by atoms with Gasteiger partial charge in [-0.15, -0.1) is 0 Å². The standard InChI is InChI=1S/C11H15ClN2O2/c1-7-5-9(12)13-6-8(7)14-10(15)16-11(2,3)4/h5-6H,1-4H3,(H,14,15). The van der Waals surface area contributed by atoms with Crippen molar-refractivity contribution in [2.75, 3.05) is 5.32 Å². The maximum atomic E-state index is 11.5. The number of halogens is 1. The first kappa shape index (κ1) is 12.8. The molecule has 16 heavy (non-hydrogen) atoms. The zero-order valence-corrected chi connectivity index (χ0v) is 10.6. The van der Waals surface area contributed by atoms with E-state index in [9.17, 15) is 4.79 Å². The van der Waals surface area contributed by atoms with Gasteiger partial charge in [-0.3, -0.25) is 5.32 Å². The minimum Gasteiger partial charge on any atom is -0.444 e. The molecule has 0 aromatic carbocycles. The van der Waals surface area contributed by atoms with Gasteiger partial charge >= 0.3 is 6.09 Å². The Labute approximate surface area is 100.0 Å². The monoisotopic (exact) mass is 242 g/mol. The smallest absolute Gasteiger partial charge is 0.412 e. The second-order valence-electron chi connectivity index (χ2n) is 4.45. The highest BCUT2D eigenvalue weighted by molar-refractivity contribution is 6.29. The number of aromatic nitrogens is 1. The van der Waals surface area contributed by atoms with Crippen LogP contribution < -0.4 is 5.32 Å². The van der Waals surface area contributed by atoms with Gasteiger partial charge in [0.05, 0.1) is 11.9 Å². The number of hydrogen-bond donors (Lipinski definition) is 1. The third kappa shape index (κ3) is 4.06. The maximum absolute atomic E-state index is 11.5. The molecule has 5 heteroatoms. The van der Waals surface area contributed by atoms with E-state index in [-0.39, 0.29) is 0 Å². The normalized spacial score (nSPS) is 11.1. The van der Waals surface area contributed by atoms with Crippen molar-refractivity contribution >= 4 is 23.4 Å². The summed E-state index contributed by atoms with van der Waals surface area (Å²) in [7, 11) is 0. The van der Waals surface area contributed by atoms with Crippen molar-refractivity contribution < 1.29 is 9.53 Å². The number of carbonyl (C=O) groups excluding carboxylic acids is 1. The van der Waals surface area contributed by atoms with Crippen molar-refractivity contribution in [3.05, 3.63) is 23.0 Å². The van der Waals surface area contributed by atoms with Crippen molar-refractivity contribution in [2.24, 2.45) is 0 Å². The van der Waals surface area contributed by atoms with Gasteiger partial charge in [-0.2, -0.15) is 0 Å². The van der Waals surface area contributed by atoms with Gasteiger partial charge in [0, 0.05) is 0 Å². The first-order valence-electron chi connectivity index (χ1n) is 4.90. The Morgan fingerprint density at radius 2 is 2.12 bits per heavy atom. The molecular formula is C11H15ClN2O2. The van der Waals surface area contributed by atoms with Crippen LogP contribution in [0.1, 0.15) is 26.3 Å². The van der Waals surface area contributed by atoms with E-state index in [1.165, 1.54) is 6.20 Å². The molecule has 88 valence electrons. The van der Waals surface area contributed by atoms with Crippen LogP contribution in [0, 0.1) is 6.92 Å². The van der Waals surface area contributed by atoms with Gasteiger partial charge in [0.1, 0.15) is 10.8 Å². The topological polar surface area (TPSA) is 51.2 Å². The highest BCUT2D eigenvalue weighted by Crippen LogP contribution is 2.17. The molecule has 0 aliphatic carbocycles. The number of amides is 1. The maximum Gasteiger partial charge on any atom is 0.412 e. The van der Waals surface area contributed by atoms with Gasteiger partial charge in [0.15, 0.2) is 0 Å². The predicted octanol–water partition coefficient (Wildman–Crippen LogP) is 3.39. The number of carbonyl (C=O) groups is 1. The fourth-order valence-electron chi connectivity index (χ4n) is 1.07. The molecule has 1 aromatic rings. The molecule has 0 fully saturated rings. The minimum atomic E-state index is -0.516. The van der Waals surface area contributed by atoms with E-state index in [0.29, 0.717) is 10.8 Å². The number of hydrogen-bond acceptors (Lipinski definition) is 3. The number of ether oxygens (including phenoxy) is 1. The molecule has 0 atom stereocenters. The fourth-order valence-corrected chi connectivity index (χ4v) is 1.28. The minimum absolute atomic E-state index is 0.396. The first-order valence-corrected chi connectivity index (χ1v) is 5.28. The van der Waals surface area contributed by atoms with Crippen LogP contribution in [0.4, 0.5) is 10.5 Å². The molecule has 0 radical (unpaired) electrons. The second-order valence-corrected chi connectivity index (χ2v) is 4.84. The molecule has 0 aliphatic heterocycles. The van der Waals surface area contributed by atoms with Crippen LogP contribution in [-0.2, 0) is 4.74 Å². The van der Waals surface area contributed by atoms with Crippen LogP contribution in [0.2, 0.25) is 5.15 Å². The molecule has 0 aliphatic rings. The van der Waals surface area contributed by atoms with Gasteiger partial charge < -0.3 is 4.74 Å². The number of pyridine rings is 1. The first-order chi connectivity index (χ1) is 7.28. The lowest BCUT2D eigenvalue weighted by molar-refractivity contribution is 0.0636. The average molecular weight is 243 g/mol. The molecule has 0 bridgehead atoms. The molecule has 1 heterocycles. The summed E-state index contributed by atoms with van der Waals surface area (Å²) in [5.41, 5.74) is 0.919. The fraction of sp³-hybridized carbons (Fsp3) is 0.455. The van der Waals surface area contributed by atoms with Crippen molar-refractivity contribution in [3.63, 3.8) is 0 Å². The van der Waals surface area contributed by atoms with E-state index < -0.39 is 11.7 Å². The number of rotatable bonds is 1. The lowest BCUT2D eigenvalue weighted by Gasteiger charge is -2.20. The second kappa shape index (κ2) is 4.70. The molecule has 1 aromatic heterocycles. The van der Waals surface area contributed by atoms with Crippen molar-refractivity contribution in [3.8, 4) is 0 Å². The van der Waals surface area contributed by atoms with Crippen LogP contribution in [0.3, 0.4) is 0 Å². The van der Waals surface area contributed by atoms with Crippen molar-refractivity contribution in [1.82, 2.24) is 4.98 Å². The van der Waals surface area contributed by atoms with Crippen molar-refractivity contribution in [1.29, 1.82) is 0 Å². The van der Waals surface area contributed by atoms with Gasteiger partial charge in [0.25, 0.3) is 0 Å². The van der Waals surface area contributed by atoms with E-state index in [2.05, 4.69) is 10.3 Å². The molecule has 1 N–H and O–H groups in total. The summed E-state index contributed by atoms with van der Waals surface area (Å²) in [6, 6.07) is 1.67. The SMILES string of the molecule is Cc1cc(Cl)ncc1NC(=O)OC(C)(C)C. The van der Waals surface area contributed by atoms with Gasteiger partial charge in [0.2, 0.25) is 0 Å². The summed E-state index contributed by atoms with van der Waals surface area (Å²) in [4.78, 5) is 15.4. The number of aryl methyl sites for hydroxylation is 1. The lowest BCUT2D eigenvalue weighted by atomic mass is 10.2. The summed E-state index contributed by atoms with van der Waals surface area (Å²) in [6.45, 7) is 7.25. The molecule has 0 unspecified atom stereocenters. The number of nitrogens with one attached hydrogen (secondary N) is 1. The van der Waals surface area contributed by atoms with Crippen LogP contribution >= 0.6 is 11.6 Å². The summed E-state index contributed by atoms with van der Waals surface area (Å²) in [5, 5.41) is 3.01. The van der Waals surface area contributed by atoms with Crippen molar-refractivity contribution in [2.45, 2.75) is 33.3 Å². The Morgan fingerprint density at radius 1 is 1.50 bits per heavy atom. The van der Waals surface area contributed by atoms with Gasteiger partial charge in [-0.05, 0) is 39.3 Å². The largest absolute Gasteiger partial charge is 0.444 e. The van der Waals surface area contributed by atoms with Crippen LogP contribution in [-0.4, -0.2) is 16.7 Å². The van der Waals surface area contributed by atoms with Crippen LogP contribution in [0.25, 0.3) is 0 Å². The van der Waals surface area contributed by atoms with E-state index >= 15 is 0 Å². The summed E-state index contributed by atoms with van der Waals surface area (Å²) >= 11 is 5.70. The zero-order valence-electron chi connectivity index (χ0n) is 9.80. The predicted molar refractivity (Wildman–Crippen MR) is 63.8 cm³/mol. The molecule has 1 rings (SSSR count). The Bertz CT molecular complexity index is 399. The molecule has 1 amide bonds. The third-order valence-corrected chi connectivity index (χ3v) is 1.92. The zero-order chi connectivity index (χ0) is 12.3. The molecule has 0 saturated carbocycles. The van der Waals surface area contributed by atoms with E-state index in [0.717, 1.165) is 5.56 Å². The third-order valence-electron chi connectivity index (χ3n) is 1.71. The highest BCUT2D eigenvalue weighted by Gasteiger charge is 2.16. The Kier molecular flexibility index (Phi) is 3.75. The lowest BCUT2D eigenvalue weighted by Crippen LogP contribution is -2.27. The summed E-state index contributed by atoms with van der Waals surface area (Å²) in [5.74, 6) is 0. The Hall–Kier alpha value is -1.29. The van der Waals surface area contributed by atoms with Crippen LogP contribution in [0.5, 0.6) is 0 Å². The van der Waals surface area contributed by atoms with E-state index in [4.69, 9.17) is 16.3 Å². The van der Waals surface area contributed by atoms with Gasteiger partial charge in [-0.25, -0.2) is 9.78 Å². The quantitative estimate of drug-likeness (QED) is 0.768. The van der Waals surface area contributed by atoms with Crippen LogP contribution in [0.15, 0.2) is 12.3 Å². The van der Waals surface area contributed by atoms with E-state index in [1.807, 2.05) is 6.92 Å². The average Bonchev–Trinajstić information content (AvgIpc) is 2.06.